The van der Waals surface area contributed by atoms with Crippen molar-refractivity contribution in [3.63, 3.8) is 0 Å². The fourth-order valence-corrected chi connectivity index (χ4v) is 4.62. The smallest absolute Gasteiger partial charge is 0.233 e. The van der Waals surface area contributed by atoms with Crippen LogP contribution in [0.4, 0.5) is 0 Å². The predicted molar refractivity (Wildman–Crippen MR) is 107 cm³/mol. The Labute approximate surface area is 165 Å². The Kier molecular flexibility index (Phi) is 5.16. The predicted octanol–water partition coefficient (Wildman–Crippen LogP) is 3.36. The van der Waals surface area contributed by atoms with Crippen LogP contribution in [-0.4, -0.2) is 41.1 Å². The van der Waals surface area contributed by atoms with Crippen molar-refractivity contribution in [3.05, 3.63) is 48.0 Å². The normalized spacial score (nSPS) is 21.8. The van der Waals surface area contributed by atoms with Crippen LogP contribution in [0.3, 0.4) is 0 Å². The molecule has 28 heavy (non-hydrogen) atoms. The second kappa shape index (κ2) is 7.74. The van der Waals surface area contributed by atoms with Gasteiger partial charge < -0.3 is 4.90 Å². The highest BCUT2D eigenvalue weighted by Gasteiger charge is 2.47. The van der Waals surface area contributed by atoms with Crippen molar-refractivity contribution in [1.82, 2.24) is 9.80 Å². The third kappa shape index (κ3) is 3.41. The molecular weight excluding hydrogens is 352 g/mol. The maximum Gasteiger partial charge on any atom is 0.233 e. The molecule has 0 radical (unpaired) electrons. The third-order valence-corrected chi connectivity index (χ3v) is 6.19. The van der Waals surface area contributed by atoms with Crippen molar-refractivity contribution in [2.45, 2.75) is 38.6 Å². The van der Waals surface area contributed by atoms with Crippen molar-refractivity contribution >= 4 is 28.5 Å². The zero-order valence-electron chi connectivity index (χ0n) is 16.3. The van der Waals surface area contributed by atoms with Gasteiger partial charge in [-0.3, -0.25) is 19.3 Å². The molecule has 2 atom stereocenters. The Morgan fingerprint density at radius 3 is 2.36 bits per heavy atom. The standard InChI is InChI=1S/C23H26N2O3/c1-24(15-17-9-6-8-16-7-2-3-10-18(16)17)21(26)13-14-25-22(27)19-11-4-5-12-20(19)23(25)28/h2-3,6-10,19-20H,4-5,11-15H2,1H3. The molecular formula is C23H26N2O3. The number of imide groups is 1. The molecule has 2 unspecified atom stereocenters. The molecule has 0 bridgehead atoms. The monoisotopic (exact) mass is 378 g/mol. The van der Waals surface area contributed by atoms with Crippen LogP contribution in [0.2, 0.25) is 0 Å². The number of fused-ring (bicyclic) bond motifs is 2. The Morgan fingerprint density at radius 2 is 1.64 bits per heavy atom. The molecule has 1 aliphatic carbocycles. The van der Waals surface area contributed by atoms with E-state index in [0.29, 0.717) is 6.54 Å². The molecule has 5 nitrogen and oxygen atoms in total. The molecule has 1 aliphatic heterocycles. The molecule has 2 fully saturated rings. The lowest BCUT2D eigenvalue weighted by atomic mass is 9.81. The van der Waals surface area contributed by atoms with Gasteiger partial charge in [0.15, 0.2) is 0 Å². The summed E-state index contributed by atoms with van der Waals surface area (Å²) in [6, 6.07) is 14.2. The van der Waals surface area contributed by atoms with Crippen molar-refractivity contribution in [2.75, 3.05) is 13.6 Å². The minimum Gasteiger partial charge on any atom is -0.341 e. The van der Waals surface area contributed by atoms with Crippen molar-refractivity contribution in [2.24, 2.45) is 11.8 Å². The van der Waals surface area contributed by atoms with E-state index in [4.69, 9.17) is 0 Å². The van der Waals surface area contributed by atoms with E-state index in [1.165, 1.54) is 4.90 Å². The molecule has 1 heterocycles. The number of amides is 3. The molecule has 4 rings (SSSR count). The summed E-state index contributed by atoms with van der Waals surface area (Å²) in [5.74, 6) is -0.489. The van der Waals surface area contributed by atoms with Gasteiger partial charge in [-0.05, 0) is 29.2 Å². The summed E-state index contributed by atoms with van der Waals surface area (Å²) in [4.78, 5) is 40.8. The first-order valence-electron chi connectivity index (χ1n) is 10.1. The van der Waals surface area contributed by atoms with Crippen molar-refractivity contribution in [1.29, 1.82) is 0 Å². The largest absolute Gasteiger partial charge is 0.341 e. The van der Waals surface area contributed by atoms with E-state index in [9.17, 15) is 14.4 Å². The average molecular weight is 378 g/mol. The number of hydrogen-bond acceptors (Lipinski definition) is 3. The lowest BCUT2D eigenvalue weighted by Gasteiger charge is -2.20. The van der Waals surface area contributed by atoms with Crippen molar-refractivity contribution < 1.29 is 14.4 Å². The second-order valence-electron chi connectivity index (χ2n) is 7.96. The summed E-state index contributed by atoms with van der Waals surface area (Å²) in [5.41, 5.74) is 1.09. The van der Waals surface area contributed by atoms with Gasteiger partial charge in [0, 0.05) is 26.6 Å². The van der Waals surface area contributed by atoms with Gasteiger partial charge in [-0.1, -0.05) is 55.3 Å². The molecule has 3 amide bonds. The van der Waals surface area contributed by atoms with Crippen LogP contribution >= 0.6 is 0 Å². The van der Waals surface area contributed by atoms with Gasteiger partial charge in [0.2, 0.25) is 17.7 Å². The fraction of sp³-hybridized carbons (Fsp3) is 0.435. The molecule has 0 N–H and O–H groups in total. The lowest BCUT2D eigenvalue weighted by Crippen LogP contribution is -2.36. The van der Waals surface area contributed by atoms with Gasteiger partial charge in [0.1, 0.15) is 0 Å². The molecule has 1 saturated carbocycles. The first-order valence-corrected chi connectivity index (χ1v) is 10.1. The van der Waals surface area contributed by atoms with E-state index in [1.807, 2.05) is 24.3 Å². The molecule has 1 saturated heterocycles. The number of benzene rings is 2. The molecule has 0 aromatic heterocycles. The maximum atomic E-state index is 12.6. The molecule has 0 spiro atoms. The lowest BCUT2D eigenvalue weighted by molar-refractivity contribution is -0.140. The molecule has 146 valence electrons. The zero-order chi connectivity index (χ0) is 19.7. The van der Waals surface area contributed by atoms with E-state index in [2.05, 4.69) is 18.2 Å². The highest BCUT2D eigenvalue weighted by Crippen LogP contribution is 2.38. The summed E-state index contributed by atoms with van der Waals surface area (Å²) >= 11 is 0. The van der Waals surface area contributed by atoms with Crippen LogP contribution in [0.1, 0.15) is 37.7 Å². The number of hydrogen-bond donors (Lipinski definition) is 0. The van der Waals surface area contributed by atoms with Gasteiger partial charge in [0.25, 0.3) is 0 Å². The zero-order valence-corrected chi connectivity index (χ0v) is 16.3. The van der Waals surface area contributed by atoms with E-state index >= 15 is 0 Å². The highest BCUT2D eigenvalue weighted by molar-refractivity contribution is 6.05. The Balaban J connectivity index is 1.38. The van der Waals surface area contributed by atoms with Crippen molar-refractivity contribution in [3.8, 4) is 0 Å². The third-order valence-electron chi connectivity index (χ3n) is 6.19. The van der Waals surface area contributed by atoms with E-state index in [-0.39, 0.29) is 42.5 Å². The van der Waals surface area contributed by atoms with E-state index in [1.54, 1.807) is 11.9 Å². The Hall–Kier alpha value is -2.69. The minimum atomic E-state index is -0.148. The SMILES string of the molecule is CN(Cc1cccc2ccccc12)C(=O)CCN1C(=O)C2CCCCC2C1=O. The van der Waals surface area contributed by atoms with Crippen LogP contribution in [0.5, 0.6) is 0 Å². The highest BCUT2D eigenvalue weighted by atomic mass is 16.2. The van der Waals surface area contributed by atoms with E-state index < -0.39 is 0 Å². The minimum absolute atomic E-state index is 0.0524. The van der Waals surface area contributed by atoms with E-state index in [0.717, 1.165) is 42.0 Å². The topological polar surface area (TPSA) is 57.7 Å². The number of nitrogens with zero attached hydrogens (tertiary/aromatic N) is 2. The molecule has 2 aromatic rings. The molecule has 5 heteroatoms. The first-order chi connectivity index (χ1) is 13.6. The number of carbonyl (C=O) groups is 3. The number of likely N-dealkylation sites (tertiary alicyclic amines) is 1. The maximum absolute atomic E-state index is 12.6. The van der Waals surface area contributed by atoms with Gasteiger partial charge in [-0.15, -0.1) is 0 Å². The summed E-state index contributed by atoms with van der Waals surface area (Å²) in [7, 11) is 1.78. The van der Waals surface area contributed by atoms with Crippen LogP contribution in [-0.2, 0) is 20.9 Å². The summed E-state index contributed by atoms with van der Waals surface area (Å²) < 4.78 is 0. The quantitative estimate of drug-likeness (QED) is 0.750. The van der Waals surface area contributed by atoms with Gasteiger partial charge in [0.05, 0.1) is 11.8 Å². The number of carbonyl (C=O) groups excluding carboxylic acids is 3. The van der Waals surface area contributed by atoms with Crippen LogP contribution in [0.25, 0.3) is 10.8 Å². The Bertz CT molecular complexity index is 894. The van der Waals surface area contributed by atoms with Gasteiger partial charge >= 0.3 is 0 Å². The Morgan fingerprint density at radius 1 is 1.00 bits per heavy atom. The second-order valence-corrected chi connectivity index (χ2v) is 7.96. The summed E-state index contributed by atoms with van der Waals surface area (Å²) in [6.45, 7) is 0.705. The first kappa shape index (κ1) is 18.7. The average Bonchev–Trinajstić information content (AvgIpc) is 2.97. The van der Waals surface area contributed by atoms with Gasteiger partial charge in [-0.25, -0.2) is 0 Å². The van der Waals surface area contributed by atoms with Crippen LogP contribution in [0, 0.1) is 11.8 Å². The van der Waals surface area contributed by atoms with Crippen LogP contribution < -0.4 is 0 Å². The van der Waals surface area contributed by atoms with Crippen LogP contribution in [0.15, 0.2) is 42.5 Å². The summed E-state index contributed by atoms with van der Waals surface area (Å²) in [5, 5.41) is 2.29. The fourth-order valence-electron chi connectivity index (χ4n) is 4.62. The summed E-state index contributed by atoms with van der Waals surface area (Å²) in [6.07, 6.45) is 3.82. The molecule has 2 aromatic carbocycles. The van der Waals surface area contributed by atoms with Gasteiger partial charge in [-0.2, -0.15) is 0 Å². The number of rotatable bonds is 5. The molecule has 2 aliphatic rings.